The van der Waals surface area contributed by atoms with Crippen LogP contribution in [0.25, 0.3) is 0 Å². The molecule has 1 heterocycles. The van der Waals surface area contributed by atoms with Gasteiger partial charge in [0.15, 0.2) is 0 Å². The van der Waals surface area contributed by atoms with Crippen molar-refractivity contribution in [3.8, 4) is 0 Å². The molecule has 3 heteroatoms. The van der Waals surface area contributed by atoms with Crippen molar-refractivity contribution in [1.29, 1.82) is 0 Å². The molecule has 0 N–H and O–H groups in total. The number of nitrogens with zero attached hydrogens (tertiary/aromatic N) is 2. The molecule has 0 amide bonds. The molecular formula is C11H18N2O. The normalized spacial score (nSPS) is 19.7. The van der Waals surface area contributed by atoms with E-state index >= 15 is 0 Å². The Balaban J connectivity index is 2.70. The average Bonchev–Trinajstić information content (AvgIpc) is 2.21. The summed E-state index contributed by atoms with van der Waals surface area (Å²) < 4.78 is 5.30. The quantitative estimate of drug-likeness (QED) is 0.378. The summed E-state index contributed by atoms with van der Waals surface area (Å²) in [7, 11) is 1.82. The number of amidine groups is 1. The second-order valence-corrected chi connectivity index (χ2v) is 3.23. The Morgan fingerprint density at radius 2 is 2.07 bits per heavy atom. The maximum atomic E-state index is 5.30. The SMILES string of the molecule is C=C/C=C(\C)C(=NC)N1CCOCC1. The molecule has 0 aromatic carbocycles. The lowest BCUT2D eigenvalue weighted by atomic mass is 10.2. The highest BCUT2D eigenvalue weighted by Crippen LogP contribution is 2.06. The summed E-state index contributed by atoms with van der Waals surface area (Å²) in [5.74, 6) is 1.05. The van der Waals surface area contributed by atoms with Crippen LogP contribution in [0.4, 0.5) is 0 Å². The molecule has 1 saturated heterocycles. The summed E-state index contributed by atoms with van der Waals surface area (Å²) in [6.07, 6.45) is 3.78. The molecule has 1 fully saturated rings. The van der Waals surface area contributed by atoms with Crippen LogP contribution in [0.2, 0.25) is 0 Å². The molecule has 0 radical (unpaired) electrons. The molecule has 0 aromatic heterocycles. The van der Waals surface area contributed by atoms with Crippen LogP contribution in [-0.2, 0) is 4.74 Å². The predicted octanol–water partition coefficient (Wildman–Crippen LogP) is 1.48. The monoisotopic (exact) mass is 194 g/mol. The molecule has 0 aromatic rings. The molecule has 78 valence electrons. The van der Waals surface area contributed by atoms with Gasteiger partial charge in [-0.25, -0.2) is 0 Å². The van der Waals surface area contributed by atoms with Gasteiger partial charge in [0.2, 0.25) is 0 Å². The van der Waals surface area contributed by atoms with Gasteiger partial charge < -0.3 is 9.64 Å². The van der Waals surface area contributed by atoms with Crippen LogP contribution >= 0.6 is 0 Å². The summed E-state index contributed by atoms with van der Waals surface area (Å²) in [4.78, 5) is 6.55. The van der Waals surface area contributed by atoms with Gasteiger partial charge in [-0.3, -0.25) is 4.99 Å². The topological polar surface area (TPSA) is 24.8 Å². The van der Waals surface area contributed by atoms with E-state index in [2.05, 4.69) is 23.4 Å². The Bertz CT molecular complexity index is 250. The number of hydrogen-bond acceptors (Lipinski definition) is 2. The molecular weight excluding hydrogens is 176 g/mol. The molecule has 0 aliphatic carbocycles. The van der Waals surface area contributed by atoms with Crippen molar-refractivity contribution < 1.29 is 4.74 Å². The number of rotatable bonds is 2. The van der Waals surface area contributed by atoms with Crippen LogP contribution in [0.3, 0.4) is 0 Å². The highest BCUT2D eigenvalue weighted by Gasteiger charge is 2.15. The Morgan fingerprint density at radius 3 is 2.57 bits per heavy atom. The van der Waals surface area contributed by atoms with Gasteiger partial charge in [-0.1, -0.05) is 18.7 Å². The van der Waals surface area contributed by atoms with Crippen LogP contribution in [0.1, 0.15) is 6.92 Å². The van der Waals surface area contributed by atoms with Gasteiger partial charge >= 0.3 is 0 Å². The number of allylic oxidation sites excluding steroid dienone is 2. The average molecular weight is 194 g/mol. The number of hydrogen-bond donors (Lipinski definition) is 0. The van der Waals surface area contributed by atoms with E-state index in [1.165, 1.54) is 0 Å². The summed E-state index contributed by atoms with van der Waals surface area (Å²) in [6.45, 7) is 9.18. The fourth-order valence-electron chi connectivity index (χ4n) is 1.59. The standard InChI is InChI=1S/C11H18N2O/c1-4-5-10(2)11(12-3)13-6-8-14-9-7-13/h4-5H,1,6-9H2,2-3H3/b10-5+,12-11?. The lowest BCUT2D eigenvalue weighted by Crippen LogP contribution is -2.41. The summed E-state index contributed by atoms with van der Waals surface area (Å²) in [6, 6.07) is 0. The summed E-state index contributed by atoms with van der Waals surface area (Å²) in [5, 5.41) is 0. The van der Waals surface area contributed by atoms with E-state index in [4.69, 9.17) is 4.74 Å². The van der Waals surface area contributed by atoms with Gasteiger partial charge in [-0.2, -0.15) is 0 Å². The van der Waals surface area contributed by atoms with Crippen LogP contribution in [0, 0.1) is 0 Å². The fourth-order valence-corrected chi connectivity index (χ4v) is 1.59. The van der Waals surface area contributed by atoms with Crippen LogP contribution in [-0.4, -0.2) is 44.1 Å². The molecule has 14 heavy (non-hydrogen) atoms. The van der Waals surface area contributed by atoms with Crippen LogP contribution in [0.15, 0.2) is 29.3 Å². The zero-order chi connectivity index (χ0) is 10.4. The maximum Gasteiger partial charge on any atom is 0.126 e. The lowest BCUT2D eigenvalue weighted by Gasteiger charge is -2.30. The second-order valence-electron chi connectivity index (χ2n) is 3.23. The summed E-state index contributed by atoms with van der Waals surface area (Å²) in [5.41, 5.74) is 1.16. The third kappa shape index (κ3) is 2.70. The molecule has 0 unspecified atom stereocenters. The summed E-state index contributed by atoms with van der Waals surface area (Å²) >= 11 is 0. The molecule has 0 atom stereocenters. The van der Waals surface area contributed by atoms with Crippen molar-refractivity contribution in [3.63, 3.8) is 0 Å². The zero-order valence-electron chi connectivity index (χ0n) is 8.99. The van der Waals surface area contributed by atoms with Crippen molar-refractivity contribution in [1.82, 2.24) is 4.90 Å². The molecule has 3 nitrogen and oxygen atoms in total. The predicted molar refractivity (Wildman–Crippen MR) is 59.7 cm³/mol. The minimum Gasteiger partial charge on any atom is -0.378 e. The third-order valence-electron chi connectivity index (χ3n) is 2.24. The van der Waals surface area contributed by atoms with Crippen LogP contribution < -0.4 is 0 Å². The van der Waals surface area contributed by atoms with Crippen molar-refractivity contribution in [3.05, 3.63) is 24.3 Å². The van der Waals surface area contributed by atoms with Crippen molar-refractivity contribution >= 4 is 5.84 Å². The van der Waals surface area contributed by atoms with Gasteiger partial charge in [0.05, 0.1) is 13.2 Å². The van der Waals surface area contributed by atoms with E-state index in [-0.39, 0.29) is 0 Å². The van der Waals surface area contributed by atoms with Gasteiger partial charge in [0.1, 0.15) is 5.84 Å². The van der Waals surface area contributed by atoms with Gasteiger partial charge in [-0.15, -0.1) is 0 Å². The number of ether oxygens (including phenoxy) is 1. The van der Waals surface area contributed by atoms with Crippen molar-refractivity contribution in [2.24, 2.45) is 4.99 Å². The van der Waals surface area contributed by atoms with E-state index < -0.39 is 0 Å². The molecule has 1 rings (SSSR count). The lowest BCUT2D eigenvalue weighted by molar-refractivity contribution is 0.0681. The van der Waals surface area contributed by atoms with E-state index in [9.17, 15) is 0 Å². The van der Waals surface area contributed by atoms with Gasteiger partial charge in [0.25, 0.3) is 0 Å². The van der Waals surface area contributed by atoms with Crippen LogP contribution in [0.5, 0.6) is 0 Å². The first kappa shape index (κ1) is 11.0. The molecule has 1 aliphatic heterocycles. The number of aliphatic imine (C=N–C) groups is 1. The van der Waals surface area contributed by atoms with Crippen molar-refractivity contribution in [2.75, 3.05) is 33.4 Å². The van der Waals surface area contributed by atoms with E-state index in [0.717, 1.165) is 37.7 Å². The number of morpholine rings is 1. The first-order valence-electron chi connectivity index (χ1n) is 4.88. The maximum absolute atomic E-state index is 5.30. The molecule has 0 saturated carbocycles. The third-order valence-corrected chi connectivity index (χ3v) is 2.24. The minimum atomic E-state index is 0.792. The fraction of sp³-hybridized carbons (Fsp3) is 0.545. The van der Waals surface area contributed by atoms with E-state index in [0.29, 0.717) is 0 Å². The Labute approximate surface area is 85.8 Å². The largest absolute Gasteiger partial charge is 0.378 e. The highest BCUT2D eigenvalue weighted by atomic mass is 16.5. The van der Waals surface area contributed by atoms with Gasteiger partial charge in [-0.05, 0) is 12.5 Å². The molecule has 1 aliphatic rings. The Hall–Kier alpha value is -1.09. The van der Waals surface area contributed by atoms with Gasteiger partial charge in [0, 0.05) is 20.1 Å². The highest BCUT2D eigenvalue weighted by molar-refractivity contribution is 5.98. The second kappa shape index (κ2) is 5.60. The first-order valence-corrected chi connectivity index (χ1v) is 4.88. The first-order chi connectivity index (χ1) is 6.79. The van der Waals surface area contributed by atoms with Crippen molar-refractivity contribution in [2.45, 2.75) is 6.92 Å². The minimum absolute atomic E-state index is 0.792. The Morgan fingerprint density at radius 1 is 1.43 bits per heavy atom. The Kier molecular flexibility index (Phi) is 4.40. The smallest absolute Gasteiger partial charge is 0.126 e. The van der Waals surface area contributed by atoms with E-state index in [1.807, 2.05) is 13.1 Å². The molecule has 0 spiro atoms. The zero-order valence-corrected chi connectivity index (χ0v) is 8.99. The van der Waals surface area contributed by atoms with E-state index in [1.54, 1.807) is 6.08 Å². The molecule has 0 bridgehead atoms.